The molecule has 0 unspecified atom stereocenters. The molecule has 1 fully saturated rings. The summed E-state index contributed by atoms with van der Waals surface area (Å²) in [7, 11) is -3.24. The van der Waals surface area contributed by atoms with Gasteiger partial charge in [0, 0.05) is 13.1 Å². The molecule has 2 rings (SSSR count). The van der Waals surface area contributed by atoms with Gasteiger partial charge >= 0.3 is 0 Å². The second kappa shape index (κ2) is 3.94. The third-order valence-electron chi connectivity index (χ3n) is 2.78. The first-order valence-corrected chi connectivity index (χ1v) is 6.62. The molecule has 15 heavy (non-hydrogen) atoms. The van der Waals surface area contributed by atoms with Crippen molar-refractivity contribution in [2.24, 2.45) is 0 Å². The van der Waals surface area contributed by atoms with Crippen molar-refractivity contribution in [1.82, 2.24) is 4.31 Å². The number of rotatable bonds is 2. The van der Waals surface area contributed by atoms with Gasteiger partial charge in [-0.1, -0.05) is 18.2 Å². The summed E-state index contributed by atoms with van der Waals surface area (Å²) in [5.74, 6) is 0. The predicted molar refractivity (Wildman–Crippen MR) is 59.2 cm³/mol. The lowest BCUT2D eigenvalue weighted by Gasteiger charge is -2.16. The summed E-state index contributed by atoms with van der Waals surface area (Å²) in [5.41, 5.74) is 0.824. The van der Waals surface area contributed by atoms with Crippen LogP contribution in [0, 0.1) is 6.92 Å². The van der Waals surface area contributed by atoms with Crippen LogP contribution in [0.15, 0.2) is 29.2 Å². The smallest absolute Gasteiger partial charge is 0.207 e. The number of hydrogen-bond donors (Lipinski definition) is 0. The number of aryl methyl sites for hydroxylation is 1. The molecule has 1 aliphatic heterocycles. The Balaban J connectivity index is 2.41. The van der Waals surface area contributed by atoms with Crippen LogP contribution >= 0.6 is 0 Å². The van der Waals surface area contributed by atoms with Gasteiger partial charge in [0.1, 0.15) is 0 Å². The molecule has 1 aromatic rings. The summed E-state index contributed by atoms with van der Waals surface area (Å²) in [6, 6.07) is 7.15. The summed E-state index contributed by atoms with van der Waals surface area (Å²) < 4.78 is 25.9. The zero-order valence-electron chi connectivity index (χ0n) is 8.81. The second-order valence-electron chi connectivity index (χ2n) is 3.88. The third-order valence-corrected chi connectivity index (χ3v) is 4.84. The quantitative estimate of drug-likeness (QED) is 0.769. The van der Waals surface area contributed by atoms with Gasteiger partial charge in [-0.3, -0.25) is 0 Å². The Kier molecular flexibility index (Phi) is 2.80. The van der Waals surface area contributed by atoms with Gasteiger partial charge in [0.05, 0.1) is 4.90 Å². The second-order valence-corrected chi connectivity index (χ2v) is 5.78. The lowest BCUT2D eigenvalue weighted by Crippen LogP contribution is -2.28. The standard InChI is InChI=1S/C11H15NO2S/c1-10-6-2-3-7-11(10)15(13,14)12-8-4-5-9-12/h2-3,6-7H,4-5,8-9H2,1H3. The summed E-state index contributed by atoms with van der Waals surface area (Å²) >= 11 is 0. The Morgan fingerprint density at radius 3 is 2.33 bits per heavy atom. The van der Waals surface area contributed by atoms with Crippen molar-refractivity contribution in [2.45, 2.75) is 24.7 Å². The van der Waals surface area contributed by atoms with E-state index in [0.29, 0.717) is 18.0 Å². The average molecular weight is 225 g/mol. The van der Waals surface area contributed by atoms with E-state index in [1.54, 1.807) is 16.4 Å². The van der Waals surface area contributed by atoms with Crippen LogP contribution in [0.1, 0.15) is 18.4 Å². The monoisotopic (exact) mass is 225 g/mol. The van der Waals surface area contributed by atoms with Crippen LogP contribution in [0.4, 0.5) is 0 Å². The first-order valence-electron chi connectivity index (χ1n) is 5.18. The van der Waals surface area contributed by atoms with Gasteiger partial charge in [0.25, 0.3) is 0 Å². The SMILES string of the molecule is Cc1ccccc1S(=O)(=O)N1CCCC1. The average Bonchev–Trinajstić information content (AvgIpc) is 2.71. The molecule has 1 saturated heterocycles. The number of nitrogens with zero attached hydrogens (tertiary/aromatic N) is 1. The summed E-state index contributed by atoms with van der Waals surface area (Å²) in [6.45, 7) is 3.16. The van der Waals surface area contributed by atoms with E-state index < -0.39 is 10.0 Å². The Bertz CT molecular complexity index is 447. The van der Waals surface area contributed by atoms with E-state index in [9.17, 15) is 8.42 Å². The lowest BCUT2D eigenvalue weighted by molar-refractivity contribution is 0.477. The summed E-state index contributed by atoms with van der Waals surface area (Å²) in [5, 5.41) is 0. The molecule has 0 aromatic heterocycles. The van der Waals surface area contributed by atoms with E-state index in [1.165, 1.54) is 0 Å². The van der Waals surface area contributed by atoms with E-state index in [2.05, 4.69) is 0 Å². The molecule has 0 radical (unpaired) electrons. The van der Waals surface area contributed by atoms with Crippen LogP contribution < -0.4 is 0 Å². The molecule has 82 valence electrons. The molecule has 1 aliphatic rings. The van der Waals surface area contributed by atoms with Crippen molar-refractivity contribution in [3.8, 4) is 0 Å². The van der Waals surface area contributed by atoms with E-state index in [4.69, 9.17) is 0 Å². The molecule has 0 amide bonds. The molecule has 0 atom stereocenters. The van der Waals surface area contributed by atoms with Gasteiger partial charge in [-0.2, -0.15) is 4.31 Å². The molecular formula is C11H15NO2S. The fourth-order valence-electron chi connectivity index (χ4n) is 1.91. The Morgan fingerprint density at radius 2 is 1.73 bits per heavy atom. The normalized spacial score (nSPS) is 18.2. The van der Waals surface area contributed by atoms with Gasteiger partial charge in [-0.05, 0) is 31.4 Å². The molecule has 1 aromatic carbocycles. The number of hydrogen-bond acceptors (Lipinski definition) is 2. The highest BCUT2D eigenvalue weighted by atomic mass is 32.2. The van der Waals surface area contributed by atoms with Gasteiger partial charge in [0.2, 0.25) is 10.0 Å². The zero-order chi connectivity index (χ0) is 10.9. The van der Waals surface area contributed by atoms with E-state index >= 15 is 0 Å². The number of sulfonamides is 1. The topological polar surface area (TPSA) is 37.4 Å². The van der Waals surface area contributed by atoms with Crippen molar-refractivity contribution in [3.05, 3.63) is 29.8 Å². The van der Waals surface area contributed by atoms with Crippen molar-refractivity contribution in [3.63, 3.8) is 0 Å². The van der Waals surface area contributed by atoms with Crippen molar-refractivity contribution in [1.29, 1.82) is 0 Å². The molecular weight excluding hydrogens is 210 g/mol. The zero-order valence-corrected chi connectivity index (χ0v) is 9.63. The molecule has 0 bridgehead atoms. The number of benzene rings is 1. The predicted octanol–water partition coefficient (Wildman–Crippen LogP) is 1.78. The van der Waals surface area contributed by atoms with Gasteiger partial charge in [0.15, 0.2) is 0 Å². The minimum absolute atomic E-state index is 0.451. The van der Waals surface area contributed by atoms with E-state index in [-0.39, 0.29) is 0 Å². The van der Waals surface area contributed by atoms with Gasteiger partial charge < -0.3 is 0 Å². The molecule has 1 heterocycles. The molecule has 0 spiro atoms. The molecule has 0 saturated carbocycles. The Hall–Kier alpha value is -0.870. The van der Waals surface area contributed by atoms with Gasteiger partial charge in [-0.15, -0.1) is 0 Å². The summed E-state index contributed by atoms with van der Waals surface area (Å²) in [6.07, 6.45) is 1.95. The first kappa shape index (κ1) is 10.6. The minimum Gasteiger partial charge on any atom is -0.207 e. The van der Waals surface area contributed by atoms with Crippen molar-refractivity contribution < 1.29 is 8.42 Å². The fourth-order valence-corrected chi connectivity index (χ4v) is 3.66. The maximum Gasteiger partial charge on any atom is 0.243 e. The van der Waals surface area contributed by atoms with Crippen LogP contribution in [0.5, 0.6) is 0 Å². The lowest BCUT2D eigenvalue weighted by atomic mass is 10.2. The first-order chi connectivity index (χ1) is 7.12. The maximum absolute atomic E-state index is 12.2. The summed E-state index contributed by atoms with van der Waals surface area (Å²) in [4.78, 5) is 0.451. The van der Waals surface area contributed by atoms with Crippen molar-refractivity contribution >= 4 is 10.0 Å². The van der Waals surface area contributed by atoms with Crippen LogP contribution in [0.25, 0.3) is 0 Å². The van der Waals surface area contributed by atoms with E-state index in [0.717, 1.165) is 18.4 Å². The Labute approximate surface area is 90.8 Å². The van der Waals surface area contributed by atoms with Crippen LogP contribution in [0.3, 0.4) is 0 Å². The van der Waals surface area contributed by atoms with E-state index in [1.807, 2.05) is 19.1 Å². The largest absolute Gasteiger partial charge is 0.243 e. The molecule has 4 heteroatoms. The highest BCUT2D eigenvalue weighted by Crippen LogP contribution is 2.22. The van der Waals surface area contributed by atoms with Crippen LogP contribution in [-0.4, -0.2) is 25.8 Å². The fraction of sp³-hybridized carbons (Fsp3) is 0.455. The van der Waals surface area contributed by atoms with Crippen LogP contribution in [-0.2, 0) is 10.0 Å². The third kappa shape index (κ3) is 1.92. The minimum atomic E-state index is -3.24. The molecule has 0 aliphatic carbocycles. The molecule has 3 nitrogen and oxygen atoms in total. The molecule has 0 N–H and O–H groups in total. The maximum atomic E-state index is 12.2. The highest BCUT2D eigenvalue weighted by molar-refractivity contribution is 7.89. The Morgan fingerprint density at radius 1 is 1.13 bits per heavy atom. The van der Waals surface area contributed by atoms with Crippen LogP contribution in [0.2, 0.25) is 0 Å². The van der Waals surface area contributed by atoms with Gasteiger partial charge in [-0.25, -0.2) is 8.42 Å². The van der Waals surface area contributed by atoms with Crippen molar-refractivity contribution in [2.75, 3.05) is 13.1 Å². The highest BCUT2D eigenvalue weighted by Gasteiger charge is 2.27.